The molecule has 1 atom stereocenters. The van der Waals surface area contributed by atoms with Gasteiger partial charge in [-0.25, -0.2) is 4.79 Å². The number of hydrogen-bond acceptors (Lipinski definition) is 4. The van der Waals surface area contributed by atoms with E-state index < -0.39 is 17.4 Å². The van der Waals surface area contributed by atoms with Gasteiger partial charge in [-0.1, -0.05) is 73.5 Å². The third kappa shape index (κ3) is 6.22. The van der Waals surface area contributed by atoms with E-state index in [1.165, 1.54) is 0 Å². The molecular weight excluding hydrogens is 501 g/mol. The number of carboxylic acids is 1. The summed E-state index contributed by atoms with van der Waals surface area (Å²) >= 11 is 0. The molecule has 8 heteroatoms. The Balaban J connectivity index is 0.00000353. The van der Waals surface area contributed by atoms with Crippen LogP contribution in [0.5, 0.6) is 0 Å². The summed E-state index contributed by atoms with van der Waals surface area (Å²) in [7, 11) is 0. The van der Waals surface area contributed by atoms with Crippen LogP contribution < -0.4 is 10.6 Å². The van der Waals surface area contributed by atoms with Crippen LogP contribution in [0.1, 0.15) is 47.2 Å². The van der Waals surface area contributed by atoms with E-state index in [1.54, 1.807) is 36.5 Å². The number of carboxylic acid groups (broad SMARTS) is 1. The third-order valence-corrected chi connectivity index (χ3v) is 7.37. The van der Waals surface area contributed by atoms with Crippen LogP contribution in [0.3, 0.4) is 0 Å². The Kier molecular flexibility index (Phi) is 9.17. The van der Waals surface area contributed by atoms with Crippen molar-refractivity contribution >= 4 is 63.9 Å². The molecule has 0 saturated heterocycles. The normalized spacial score (nSPS) is 14.7. The van der Waals surface area contributed by atoms with Crippen molar-refractivity contribution in [3.63, 3.8) is 0 Å². The molecule has 7 nitrogen and oxygen atoms in total. The van der Waals surface area contributed by atoms with Gasteiger partial charge in [-0.05, 0) is 48.2 Å². The second kappa shape index (κ2) is 12.6. The predicted octanol–water partition coefficient (Wildman–Crippen LogP) is 4.46. The second-order valence-corrected chi connectivity index (χ2v) is 9.75. The summed E-state index contributed by atoms with van der Waals surface area (Å²) in [5.41, 5.74) is 2.83. The number of hydrogen-bond donors (Lipinski definition) is 3. The van der Waals surface area contributed by atoms with Crippen LogP contribution >= 0.6 is 0 Å². The molecular formula is C31H30N3NaO4. The Bertz CT molecular complexity index is 1460. The van der Waals surface area contributed by atoms with E-state index in [0.717, 1.165) is 34.9 Å². The molecule has 0 unspecified atom stereocenters. The van der Waals surface area contributed by atoms with Crippen molar-refractivity contribution in [2.45, 2.75) is 43.6 Å². The first-order chi connectivity index (χ1) is 18.5. The zero-order valence-electron chi connectivity index (χ0n) is 20.9. The summed E-state index contributed by atoms with van der Waals surface area (Å²) in [5.74, 6) is -1.57. The van der Waals surface area contributed by atoms with E-state index in [-0.39, 0.29) is 47.8 Å². The van der Waals surface area contributed by atoms with Gasteiger partial charge in [-0.3, -0.25) is 14.6 Å². The SMILES string of the molecule is O=C(Nc1ccc(C[C@H](NC(=O)C2(c3ccccc3)CCCC2)C(=O)O)cc1)c1ccnc2ccccc12.[NaH]. The standard InChI is InChI=1S/C31H29N3O4.Na.H/c35-28(25-16-19-32-26-11-5-4-10-24(25)26)33-23-14-12-21(13-15-23)20-27(29(36)37)34-30(38)31(17-6-7-18-31)22-8-2-1-3-9-22;;/h1-5,8-16,19,27H,6-7,17-18,20H2,(H,33,35)(H,34,38)(H,36,37);;/t27-;;/m0../s1. The molecule has 0 radical (unpaired) electrons. The summed E-state index contributed by atoms with van der Waals surface area (Å²) in [4.78, 5) is 42.7. The Morgan fingerprint density at radius 1 is 0.872 bits per heavy atom. The molecule has 1 aliphatic rings. The number of carbonyl (C=O) groups excluding carboxylic acids is 2. The number of amides is 2. The minimum atomic E-state index is -1.08. The van der Waals surface area contributed by atoms with E-state index in [2.05, 4.69) is 15.6 Å². The number of nitrogens with zero attached hydrogens (tertiary/aromatic N) is 1. The Hall–Kier alpha value is -3.52. The third-order valence-electron chi connectivity index (χ3n) is 7.37. The zero-order chi connectivity index (χ0) is 26.5. The quantitative estimate of drug-likeness (QED) is 0.291. The van der Waals surface area contributed by atoms with E-state index in [4.69, 9.17) is 0 Å². The van der Waals surface area contributed by atoms with Gasteiger partial charge in [0.2, 0.25) is 5.91 Å². The zero-order valence-corrected chi connectivity index (χ0v) is 20.9. The number of anilines is 1. The molecule has 1 aliphatic carbocycles. The molecule has 3 aromatic carbocycles. The molecule has 5 rings (SSSR count). The number of nitrogens with one attached hydrogen (secondary N) is 2. The number of fused-ring (bicyclic) bond motifs is 1. The van der Waals surface area contributed by atoms with Gasteiger partial charge >= 0.3 is 35.5 Å². The summed E-state index contributed by atoms with van der Waals surface area (Å²) in [6, 6.07) is 24.7. The summed E-state index contributed by atoms with van der Waals surface area (Å²) in [5, 5.41) is 16.4. The van der Waals surface area contributed by atoms with Crippen LogP contribution in [0.2, 0.25) is 0 Å². The molecule has 1 aromatic heterocycles. The van der Waals surface area contributed by atoms with E-state index >= 15 is 0 Å². The van der Waals surface area contributed by atoms with Crippen LogP contribution in [0, 0.1) is 0 Å². The van der Waals surface area contributed by atoms with Crippen molar-refractivity contribution in [1.82, 2.24) is 10.3 Å². The van der Waals surface area contributed by atoms with Gasteiger partial charge in [0.1, 0.15) is 6.04 Å². The number of carbonyl (C=O) groups is 3. The van der Waals surface area contributed by atoms with Crippen LogP contribution in [0.4, 0.5) is 5.69 Å². The van der Waals surface area contributed by atoms with E-state index in [0.29, 0.717) is 24.1 Å². The number of aliphatic carboxylic acids is 1. The fourth-order valence-corrected chi connectivity index (χ4v) is 5.33. The number of aromatic nitrogens is 1. The van der Waals surface area contributed by atoms with Gasteiger partial charge < -0.3 is 15.7 Å². The van der Waals surface area contributed by atoms with Gasteiger partial charge in [0.05, 0.1) is 16.5 Å². The molecule has 1 fully saturated rings. The molecule has 2 amide bonds. The van der Waals surface area contributed by atoms with Crippen LogP contribution in [0.25, 0.3) is 10.9 Å². The van der Waals surface area contributed by atoms with Crippen LogP contribution in [0.15, 0.2) is 91.1 Å². The first-order valence-corrected chi connectivity index (χ1v) is 12.8. The second-order valence-electron chi connectivity index (χ2n) is 9.75. The summed E-state index contributed by atoms with van der Waals surface area (Å²) in [6.45, 7) is 0. The average molecular weight is 532 g/mol. The Morgan fingerprint density at radius 3 is 2.23 bits per heavy atom. The number of benzene rings is 3. The van der Waals surface area contributed by atoms with Crippen molar-refractivity contribution in [1.29, 1.82) is 0 Å². The van der Waals surface area contributed by atoms with Crippen molar-refractivity contribution < 1.29 is 19.5 Å². The maximum absolute atomic E-state index is 13.4. The minimum absolute atomic E-state index is 0. The average Bonchev–Trinajstić information content (AvgIpc) is 3.45. The van der Waals surface area contributed by atoms with E-state index in [9.17, 15) is 19.5 Å². The van der Waals surface area contributed by atoms with Gasteiger partial charge in [-0.15, -0.1) is 0 Å². The van der Waals surface area contributed by atoms with Crippen molar-refractivity contribution in [3.05, 3.63) is 108 Å². The number of para-hydroxylation sites is 1. The molecule has 3 N–H and O–H groups in total. The van der Waals surface area contributed by atoms with Gasteiger partial charge in [0.25, 0.3) is 5.91 Å². The van der Waals surface area contributed by atoms with Crippen LogP contribution in [-0.2, 0) is 21.4 Å². The molecule has 0 bridgehead atoms. The molecule has 1 saturated carbocycles. The fourth-order valence-electron chi connectivity index (χ4n) is 5.33. The molecule has 39 heavy (non-hydrogen) atoms. The first kappa shape index (κ1) is 28.5. The first-order valence-electron chi connectivity index (χ1n) is 12.8. The van der Waals surface area contributed by atoms with Crippen molar-refractivity contribution in [3.8, 4) is 0 Å². The fraction of sp³-hybridized carbons (Fsp3) is 0.226. The maximum atomic E-state index is 13.4. The molecule has 194 valence electrons. The summed E-state index contributed by atoms with van der Waals surface area (Å²) < 4.78 is 0. The molecule has 4 aromatic rings. The molecule has 0 aliphatic heterocycles. The molecule has 1 heterocycles. The summed E-state index contributed by atoms with van der Waals surface area (Å²) in [6.07, 6.45) is 5.01. The Labute approximate surface area is 249 Å². The van der Waals surface area contributed by atoms with Gasteiger partial charge in [0.15, 0.2) is 0 Å². The number of rotatable bonds is 8. The van der Waals surface area contributed by atoms with E-state index in [1.807, 2.05) is 54.6 Å². The predicted molar refractivity (Wildman–Crippen MR) is 153 cm³/mol. The number of pyridine rings is 1. The van der Waals surface area contributed by atoms with Gasteiger partial charge in [0, 0.05) is 23.7 Å². The topological polar surface area (TPSA) is 108 Å². The van der Waals surface area contributed by atoms with Gasteiger partial charge in [-0.2, -0.15) is 0 Å². The van der Waals surface area contributed by atoms with Crippen molar-refractivity contribution in [2.75, 3.05) is 5.32 Å². The van der Waals surface area contributed by atoms with Crippen molar-refractivity contribution in [2.24, 2.45) is 0 Å². The van der Waals surface area contributed by atoms with Crippen LogP contribution in [-0.4, -0.2) is 63.5 Å². The molecule has 0 spiro atoms. The monoisotopic (exact) mass is 531 g/mol. The Morgan fingerprint density at radius 2 is 1.54 bits per heavy atom.